The van der Waals surface area contributed by atoms with Crippen LogP contribution in [0.25, 0.3) is 0 Å². The van der Waals surface area contributed by atoms with Crippen LogP contribution in [0.4, 0.5) is 0 Å². The maximum absolute atomic E-state index is 12.3. The SMILES string of the molecule is CC1CCC(c2ccc(C(=O)Oc3ccc(SC#N)cc3)cc2)CC1. The molecule has 2 aromatic carbocycles. The van der Waals surface area contributed by atoms with Gasteiger partial charge in [0.2, 0.25) is 0 Å². The van der Waals surface area contributed by atoms with Crippen molar-refractivity contribution in [2.75, 3.05) is 0 Å². The number of thiocyanates is 1. The molecule has 0 atom stereocenters. The first-order valence-corrected chi connectivity index (χ1v) is 9.45. The van der Waals surface area contributed by atoms with E-state index in [4.69, 9.17) is 10.00 Å². The number of benzene rings is 2. The van der Waals surface area contributed by atoms with Gasteiger partial charge in [0.1, 0.15) is 11.2 Å². The van der Waals surface area contributed by atoms with Crippen molar-refractivity contribution in [3.05, 3.63) is 59.7 Å². The molecule has 0 aromatic heterocycles. The summed E-state index contributed by atoms with van der Waals surface area (Å²) in [5, 5.41) is 10.7. The second-order valence-electron chi connectivity index (χ2n) is 6.63. The minimum atomic E-state index is -0.357. The Morgan fingerprint density at radius 2 is 1.68 bits per heavy atom. The maximum atomic E-state index is 12.3. The molecule has 1 saturated carbocycles. The lowest BCUT2D eigenvalue weighted by atomic mass is 9.79. The average Bonchev–Trinajstić information content (AvgIpc) is 2.64. The summed E-state index contributed by atoms with van der Waals surface area (Å²) < 4.78 is 5.40. The molecule has 1 aliphatic rings. The lowest BCUT2D eigenvalue weighted by Crippen LogP contribution is -2.12. The van der Waals surface area contributed by atoms with Crippen molar-refractivity contribution >= 4 is 17.7 Å². The predicted molar refractivity (Wildman–Crippen MR) is 99.7 cm³/mol. The first kappa shape index (κ1) is 17.6. The highest BCUT2D eigenvalue weighted by molar-refractivity contribution is 8.03. The van der Waals surface area contributed by atoms with Crippen LogP contribution in [0.1, 0.15) is 54.4 Å². The number of esters is 1. The van der Waals surface area contributed by atoms with Crippen LogP contribution in [-0.4, -0.2) is 5.97 Å². The smallest absolute Gasteiger partial charge is 0.343 e. The van der Waals surface area contributed by atoms with E-state index in [1.54, 1.807) is 24.3 Å². The normalized spacial score (nSPS) is 19.8. The molecular formula is C21H21NO2S. The van der Waals surface area contributed by atoms with E-state index in [9.17, 15) is 4.79 Å². The Morgan fingerprint density at radius 3 is 2.28 bits per heavy atom. The number of carbonyl (C=O) groups excluding carboxylic acids is 1. The standard InChI is InChI=1S/C21H21NO2S/c1-15-2-4-16(5-3-15)17-6-8-18(9-7-17)21(23)24-19-10-12-20(13-11-19)25-14-22/h6-13,15-16H,2-5H2,1H3. The summed E-state index contributed by atoms with van der Waals surface area (Å²) in [5.74, 6) is 1.58. The Bertz CT molecular complexity index is 754. The number of nitriles is 1. The topological polar surface area (TPSA) is 50.1 Å². The molecule has 0 unspecified atom stereocenters. The molecule has 3 rings (SSSR count). The Kier molecular flexibility index (Phi) is 5.78. The fraction of sp³-hybridized carbons (Fsp3) is 0.333. The van der Waals surface area contributed by atoms with Crippen molar-refractivity contribution in [1.82, 2.24) is 0 Å². The Labute approximate surface area is 153 Å². The number of nitrogens with zero attached hydrogens (tertiary/aromatic N) is 1. The quantitative estimate of drug-likeness (QED) is 0.303. The molecular weight excluding hydrogens is 330 g/mol. The maximum Gasteiger partial charge on any atom is 0.343 e. The van der Waals surface area contributed by atoms with Crippen LogP contribution >= 0.6 is 11.8 Å². The number of carbonyl (C=O) groups is 1. The van der Waals surface area contributed by atoms with Gasteiger partial charge in [-0.15, -0.1) is 0 Å². The second kappa shape index (κ2) is 8.22. The zero-order valence-corrected chi connectivity index (χ0v) is 15.1. The van der Waals surface area contributed by atoms with Crippen molar-refractivity contribution in [2.24, 2.45) is 5.92 Å². The van der Waals surface area contributed by atoms with Crippen molar-refractivity contribution in [3.63, 3.8) is 0 Å². The van der Waals surface area contributed by atoms with Gasteiger partial charge in [0.15, 0.2) is 0 Å². The molecule has 0 aliphatic heterocycles. The van der Waals surface area contributed by atoms with E-state index in [1.807, 2.05) is 17.5 Å². The second-order valence-corrected chi connectivity index (χ2v) is 7.49. The van der Waals surface area contributed by atoms with E-state index in [0.29, 0.717) is 17.2 Å². The molecule has 2 aromatic rings. The van der Waals surface area contributed by atoms with Gasteiger partial charge < -0.3 is 4.74 Å². The molecule has 1 fully saturated rings. The van der Waals surface area contributed by atoms with Gasteiger partial charge in [-0.2, -0.15) is 5.26 Å². The molecule has 3 nitrogen and oxygen atoms in total. The van der Waals surface area contributed by atoms with Crippen LogP contribution < -0.4 is 4.74 Å². The molecule has 0 bridgehead atoms. The molecule has 0 N–H and O–H groups in total. The van der Waals surface area contributed by atoms with E-state index in [-0.39, 0.29) is 5.97 Å². The molecule has 1 aliphatic carbocycles. The van der Waals surface area contributed by atoms with Crippen LogP contribution in [0.3, 0.4) is 0 Å². The lowest BCUT2D eigenvalue weighted by molar-refractivity contribution is 0.0734. The van der Waals surface area contributed by atoms with Gasteiger partial charge in [-0.1, -0.05) is 31.9 Å². The summed E-state index contributed by atoms with van der Waals surface area (Å²) in [4.78, 5) is 13.1. The van der Waals surface area contributed by atoms with Gasteiger partial charge in [-0.25, -0.2) is 4.79 Å². The minimum Gasteiger partial charge on any atom is -0.423 e. The molecule has 0 amide bonds. The number of rotatable bonds is 4. The fourth-order valence-corrected chi connectivity index (χ4v) is 3.66. The third-order valence-corrected chi connectivity index (χ3v) is 5.43. The Balaban J connectivity index is 1.61. The van der Waals surface area contributed by atoms with E-state index in [0.717, 1.165) is 22.6 Å². The minimum absolute atomic E-state index is 0.357. The molecule has 0 spiro atoms. The number of thioether (sulfide) groups is 1. The largest absolute Gasteiger partial charge is 0.423 e. The Morgan fingerprint density at radius 1 is 1.04 bits per heavy atom. The summed E-state index contributed by atoms with van der Waals surface area (Å²) in [6.07, 6.45) is 5.04. The average molecular weight is 351 g/mol. The van der Waals surface area contributed by atoms with Crippen molar-refractivity contribution < 1.29 is 9.53 Å². The molecule has 25 heavy (non-hydrogen) atoms. The monoisotopic (exact) mass is 351 g/mol. The number of hydrogen-bond acceptors (Lipinski definition) is 4. The van der Waals surface area contributed by atoms with Gasteiger partial charge in [-0.05, 0) is 78.4 Å². The lowest BCUT2D eigenvalue weighted by Gasteiger charge is -2.26. The van der Waals surface area contributed by atoms with Gasteiger partial charge >= 0.3 is 5.97 Å². The highest BCUT2D eigenvalue weighted by Gasteiger charge is 2.20. The summed E-state index contributed by atoms with van der Waals surface area (Å²) in [6.45, 7) is 2.32. The molecule has 0 saturated heterocycles. The molecule has 0 heterocycles. The van der Waals surface area contributed by atoms with Gasteiger partial charge in [0.05, 0.1) is 5.56 Å². The third kappa shape index (κ3) is 4.64. The van der Waals surface area contributed by atoms with Crippen LogP contribution in [0.5, 0.6) is 5.75 Å². The van der Waals surface area contributed by atoms with E-state index in [1.165, 1.54) is 31.2 Å². The number of hydrogen-bond donors (Lipinski definition) is 0. The summed E-state index contributed by atoms with van der Waals surface area (Å²) in [7, 11) is 0. The Hall–Kier alpha value is -2.25. The highest BCUT2D eigenvalue weighted by atomic mass is 32.2. The summed E-state index contributed by atoms with van der Waals surface area (Å²) in [5.41, 5.74) is 1.88. The van der Waals surface area contributed by atoms with E-state index >= 15 is 0 Å². The van der Waals surface area contributed by atoms with Crippen LogP contribution in [0, 0.1) is 16.6 Å². The van der Waals surface area contributed by atoms with Crippen LogP contribution in [-0.2, 0) is 0 Å². The van der Waals surface area contributed by atoms with Crippen molar-refractivity contribution in [2.45, 2.75) is 43.4 Å². The van der Waals surface area contributed by atoms with Gasteiger partial charge in [0, 0.05) is 4.90 Å². The summed E-state index contributed by atoms with van der Waals surface area (Å²) in [6, 6.07) is 14.8. The molecule has 4 heteroatoms. The van der Waals surface area contributed by atoms with Crippen LogP contribution in [0.15, 0.2) is 53.4 Å². The van der Waals surface area contributed by atoms with Gasteiger partial charge in [0.25, 0.3) is 0 Å². The molecule has 0 radical (unpaired) electrons. The zero-order chi connectivity index (χ0) is 17.6. The highest BCUT2D eigenvalue weighted by Crippen LogP contribution is 2.35. The van der Waals surface area contributed by atoms with E-state index in [2.05, 4.69) is 19.1 Å². The molecule has 128 valence electrons. The van der Waals surface area contributed by atoms with Gasteiger partial charge in [-0.3, -0.25) is 0 Å². The first-order chi connectivity index (χ1) is 12.2. The first-order valence-electron chi connectivity index (χ1n) is 8.64. The zero-order valence-electron chi connectivity index (χ0n) is 14.3. The fourth-order valence-electron chi connectivity index (χ4n) is 3.28. The third-order valence-electron chi connectivity index (χ3n) is 4.83. The van der Waals surface area contributed by atoms with Crippen LogP contribution in [0.2, 0.25) is 0 Å². The van der Waals surface area contributed by atoms with E-state index < -0.39 is 0 Å². The summed E-state index contributed by atoms with van der Waals surface area (Å²) >= 11 is 1.08. The number of ether oxygens (including phenoxy) is 1. The van der Waals surface area contributed by atoms with Crippen molar-refractivity contribution in [3.8, 4) is 11.2 Å². The van der Waals surface area contributed by atoms with Crippen molar-refractivity contribution in [1.29, 1.82) is 5.26 Å². The predicted octanol–water partition coefficient (Wildman–Crippen LogP) is 5.77.